The maximum atomic E-state index is 4.98. The first kappa shape index (κ1) is 21.4. The Morgan fingerprint density at radius 2 is 1.88 bits per heavy atom. The van der Waals surface area contributed by atoms with Gasteiger partial charge in [-0.05, 0) is 42.4 Å². The first-order chi connectivity index (χ1) is 15.8. The number of aromatic nitrogens is 7. The molecule has 0 radical (unpaired) electrons. The molecule has 1 aromatic carbocycles. The topological polar surface area (TPSA) is 89.6 Å². The number of piperidine rings is 1. The van der Waals surface area contributed by atoms with Gasteiger partial charge in [0.05, 0.1) is 18.6 Å². The number of nitrogens with zero attached hydrogens (tertiary/aromatic N) is 8. The maximum Gasteiger partial charge on any atom is 0.229 e. The van der Waals surface area contributed by atoms with Crippen LogP contribution in [0.15, 0.2) is 36.9 Å². The van der Waals surface area contributed by atoms with Crippen LogP contribution in [0.25, 0.3) is 11.2 Å². The summed E-state index contributed by atoms with van der Waals surface area (Å²) in [7, 11) is 1.98. The summed E-state index contributed by atoms with van der Waals surface area (Å²) in [5, 5.41) is 11.7. The molecule has 1 N–H and O–H groups in total. The number of rotatable bonds is 4. The van der Waals surface area contributed by atoms with Crippen molar-refractivity contribution in [3.8, 4) is 0 Å². The van der Waals surface area contributed by atoms with Crippen LogP contribution in [-0.2, 0) is 12.5 Å². The quantitative estimate of drug-likeness (QED) is 0.505. The molecule has 0 bridgehead atoms. The average Bonchev–Trinajstić information content (AvgIpc) is 3.45. The van der Waals surface area contributed by atoms with Crippen molar-refractivity contribution in [1.29, 1.82) is 0 Å². The second kappa shape index (κ2) is 8.13. The van der Waals surface area contributed by atoms with Gasteiger partial charge in [-0.3, -0.25) is 0 Å². The smallest absolute Gasteiger partial charge is 0.229 e. The van der Waals surface area contributed by atoms with Crippen LogP contribution in [0.1, 0.15) is 50.8 Å². The van der Waals surface area contributed by atoms with E-state index >= 15 is 0 Å². The normalized spacial score (nSPS) is 15.4. The lowest BCUT2D eigenvalue weighted by atomic mass is 9.86. The van der Waals surface area contributed by atoms with E-state index in [0.29, 0.717) is 17.6 Å². The summed E-state index contributed by atoms with van der Waals surface area (Å²) in [4.78, 5) is 16.6. The Labute approximate surface area is 193 Å². The molecule has 0 unspecified atom stereocenters. The van der Waals surface area contributed by atoms with Crippen LogP contribution < -0.4 is 10.2 Å². The summed E-state index contributed by atoms with van der Waals surface area (Å²) in [6.07, 6.45) is 7.42. The van der Waals surface area contributed by atoms with Crippen molar-refractivity contribution < 1.29 is 0 Å². The summed E-state index contributed by atoms with van der Waals surface area (Å²) in [5.41, 5.74) is 5.18. The maximum absolute atomic E-state index is 4.98. The minimum absolute atomic E-state index is 0.0667. The van der Waals surface area contributed by atoms with Crippen LogP contribution in [-0.4, -0.2) is 47.6 Å². The molecule has 9 nitrogen and oxygen atoms in total. The molecule has 5 rings (SSSR count). The Morgan fingerprint density at radius 3 is 2.58 bits per heavy atom. The third kappa shape index (κ3) is 4.15. The van der Waals surface area contributed by atoms with Gasteiger partial charge in [-0.1, -0.05) is 38.1 Å². The monoisotopic (exact) mass is 445 g/mol. The number of imidazole rings is 1. The van der Waals surface area contributed by atoms with E-state index in [-0.39, 0.29) is 5.41 Å². The van der Waals surface area contributed by atoms with Crippen LogP contribution >= 0.6 is 0 Å². The van der Waals surface area contributed by atoms with Gasteiger partial charge >= 0.3 is 0 Å². The van der Waals surface area contributed by atoms with Crippen molar-refractivity contribution in [3.05, 3.63) is 48.0 Å². The molecule has 172 valence electrons. The highest BCUT2D eigenvalue weighted by Crippen LogP contribution is 2.32. The van der Waals surface area contributed by atoms with E-state index < -0.39 is 0 Å². The molecular weight excluding hydrogens is 414 g/mol. The molecule has 33 heavy (non-hydrogen) atoms. The number of hydrogen-bond acceptors (Lipinski definition) is 7. The summed E-state index contributed by atoms with van der Waals surface area (Å²) in [6, 6.07) is 6.96. The van der Waals surface area contributed by atoms with Crippen LogP contribution in [0.2, 0.25) is 0 Å². The van der Waals surface area contributed by atoms with Crippen molar-refractivity contribution in [2.24, 2.45) is 7.05 Å². The fourth-order valence-electron chi connectivity index (χ4n) is 4.37. The SMILES string of the molecule is Cc1ccc(C(C)(C)C)cc1Nc1nc(N2CCC(n3ccnn3)CC2)nc2ncn(C)c12. The van der Waals surface area contributed by atoms with Crippen molar-refractivity contribution in [2.45, 2.75) is 52.0 Å². The van der Waals surface area contributed by atoms with Crippen LogP contribution in [0, 0.1) is 6.92 Å². The molecule has 1 aliphatic heterocycles. The number of hydrogen-bond donors (Lipinski definition) is 1. The van der Waals surface area contributed by atoms with Gasteiger partial charge in [0.1, 0.15) is 5.52 Å². The van der Waals surface area contributed by atoms with Crippen LogP contribution in [0.5, 0.6) is 0 Å². The highest BCUT2D eigenvalue weighted by atomic mass is 15.4. The van der Waals surface area contributed by atoms with E-state index in [4.69, 9.17) is 9.97 Å². The summed E-state index contributed by atoms with van der Waals surface area (Å²) in [6.45, 7) is 10.5. The molecule has 0 atom stereocenters. The van der Waals surface area contributed by atoms with Gasteiger partial charge in [0, 0.05) is 32.0 Å². The van der Waals surface area contributed by atoms with E-state index in [1.54, 1.807) is 12.5 Å². The number of fused-ring (bicyclic) bond motifs is 1. The number of nitrogens with one attached hydrogen (secondary N) is 1. The molecule has 1 fully saturated rings. The van der Waals surface area contributed by atoms with E-state index in [9.17, 15) is 0 Å². The molecule has 0 aliphatic carbocycles. The second-order valence-corrected chi connectivity index (χ2v) is 9.91. The minimum atomic E-state index is 0.0667. The van der Waals surface area contributed by atoms with Crippen LogP contribution in [0.4, 0.5) is 17.5 Å². The van der Waals surface area contributed by atoms with Gasteiger partial charge in [-0.25, -0.2) is 9.67 Å². The van der Waals surface area contributed by atoms with Gasteiger partial charge in [0.25, 0.3) is 0 Å². The zero-order chi connectivity index (χ0) is 23.2. The number of aryl methyl sites for hydroxylation is 2. The summed E-state index contributed by atoms with van der Waals surface area (Å²) in [5.74, 6) is 1.49. The highest BCUT2D eigenvalue weighted by Gasteiger charge is 2.25. The Balaban J connectivity index is 1.47. The number of benzene rings is 1. The van der Waals surface area contributed by atoms with E-state index in [1.807, 2.05) is 22.5 Å². The standard InChI is InChI=1S/C24H31N9/c1-16-6-7-17(24(2,3)4)14-19(16)27-22-20-21(25-15-31(20)5)28-23(29-22)32-11-8-18(9-12-32)33-13-10-26-30-33/h6-7,10,13-15,18H,8-9,11-12H2,1-5H3,(H,27,28,29). The molecule has 0 amide bonds. The average molecular weight is 446 g/mol. The Hall–Kier alpha value is -3.49. The molecular formula is C24H31N9. The third-order valence-electron chi connectivity index (χ3n) is 6.48. The van der Waals surface area contributed by atoms with Crippen molar-refractivity contribution >= 4 is 28.6 Å². The summed E-state index contributed by atoms with van der Waals surface area (Å²) < 4.78 is 3.93. The fourth-order valence-corrected chi connectivity index (χ4v) is 4.37. The van der Waals surface area contributed by atoms with Gasteiger partial charge < -0.3 is 14.8 Å². The fraction of sp³-hybridized carbons (Fsp3) is 0.458. The zero-order valence-electron chi connectivity index (χ0n) is 19.9. The van der Waals surface area contributed by atoms with Crippen molar-refractivity contribution in [2.75, 3.05) is 23.3 Å². The predicted molar refractivity (Wildman–Crippen MR) is 130 cm³/mol. The number of anilines is 3. The minimum Gasteiger partial charge on any atom is -0.341 e. The zero-order valence-corrected chi connectivity index (χ0v) is 19.9. The van der Waals surface area contributed by atoms with Crippen LogP contribution in [0.3, 0.4) is 0 Å². The second-order valence-electron chi connectivity index (χ2n) is 9.91. The Kier molecular flexibility index (Phi) is 5.26. The van der Waals surface area contributed by atoms with E-state index in [0.717, 1.165) is 43.0 Å². The lowest BCUT2D eigenvalue weighted by Crippen LogP contribution is -2.36. The molecule has 4 aromatic rings. The molecule has 0 spiro atoms. The largest absolute Gasteiger partial charge is 0.341 e. The van der Waals surface area contributed by atoms with Gasteiger partial charge in [-0.2, -0.15) is 9.97 Å². The molecule has 0 saturated carbocycles. The van der Waals surface area contributed by atoms with E-state index in [2.05, 4.69) is 71.4 Å². The predicted octanol–water partition coefficient (Wildman–Crippen LogP) is 4.15. The lowest BCUT2D eigenvalue weighted by molar-refractivity contribution is 0.358. The molecule has 1 aliphatic rings. The van der Waals surface area contributed by atoms with Gasteiger partial charge in [-0.15, -0.1) is 5.10 Å². The Bertz CT molecular complexity index is 1260. The summed E-state index contributed by atoms with van der Waals surface area (Å²) >= 11 is 0. The third-order valence-corrected chi connectivity index (χ3v) is 6.48. The van der Waals surface area contributed by atoms with Crippen molar-refractivity contribution in [1.82, 2.24) is 34.5 Å². The molecule has 9 heteroatoms. The lowest BCUT2D eigenvalue weighted by Gasteiger charge is -2.32. The molecule has 1 saturated heterocycles. The first-order valence-corrected chi connectivity index (χ1v) is 11.5. The Morgan fingerprint density at radius 1 is 1.09 bits per heavy atom. The first-order valence-electron chi connectivity index (χ1n) is 11.5. The van der Waals surface area contributed by atoms with Crippen molar-refractivity contribution in [3.63, 3.8) is 0 Å². The van der Waals surface area contributed by atoms with E-state index in [1.165, 1.54) is 11.1 Å². The van der Waals surface area contributed by atoms with Gasteiger partial charge in [0.15, 0.2) is 11.5 Å². The van der Waals surface area contributed by atoms with Gasteiger partial charge in [0.2, 0.25) is 5.95 Å². The highest BCUT2D eigenvalue weighted by molar-refractivity contribution is 5.87. The molecule has 4 heterocycles. The molecule has 3 aromatic heterocycles.